The number of carbonyl (C=O) groups excluding carboxylic acids is 1. The molecule has 0 bridgehead atoms. The molecule has 11 heteroatoms. The van der Waals surface area contributed by atoms with E-state index in [1.54, 1.807) is 18.5 Å². The Hall–Kier alpha value is -2.99. The minimum absolute atomic E-state index is 0.279. The number of hydrogen-bond acceptors (Lipinski definition) is 4. The van der Waals surface area contributed by atoms with E-state index >= 15 is 0 Å². The second-order valence-electron chi connectivity index (χ2n) is 7.85. The van der Waals surface area contributed by atoms with Crippen molar-refractivity contribution in [2.75, 3.05) is 5.32 Å². The molecule has 1 amide bonds. The molecule has 0 spiro atoms. The van der Waals surface area contributed by atoms with Crippen molar-refractivity contribution in [2.24, 2.45) is 7.05 Å². The topological polar surface area (TPSA) is 72.7 Å². The van der Waals surface area contributed by atoms with Crippen LogP contribution in [0.5, 0.6) is 0 Å². The van der Waals surface area contributed by atoms with Crippen LogP contribution in [0.4, 0.5) is 5.82 Å². The minimum Gasteiger partial charge on any atom is -0.330 e. The van der Waals surface area contributed by atoms with E-state index in [4.69, 9.17) is 16.6 Å². The molecule has 0 fully saturated rings. The average molecular weight is 425 g/mol. The molecule has 0 aliphatic carbocycles. The highest BCUT2D eigenvalue weighted by atomic mass is 35.5. The number of nitrogens with one attached hydrogen (secondary N) is 1. The summed E-state index contributed by atoms with van der Waals surface area (Å²) in [6.45, 7) is 1.95. The molecule has 0 aliphatic heterocycles. The monoisotopic (exact) mass is 425 g/mol. The maximum absolute atomic E-state index is 13.1. The Morgan fingerprint density at radius 3 is 2.42 bits per heavy atom. The van der Waals surface area contributed by atoms with Gasteiger partial charge >= 0.3 is 0 Å². The lowest BCUT2D eigenvalue weighted by Crippen LogP contribution is -2.50. The van der Waals surface area contributed by atoms with Crippen LogP contribution >= 0.6 is 11.6 Å². The number of pyridine rings is 2. The summed E-state index contributed by atoms with van der Waals surface area (Å²) in [5.41, 5.74) is 6.91. The van der Waals surface area contributed by atoms with Crippen molar-refractivity contribution in [3.05, 3.63) is 47.0 Å². The summed E-state index contributed by atoms with van der Waals surface area (Å²) in [5.74, 6) is 1.06. The minimum atomic E-state index is -0.279. The summed E-state index contributed by atoms with van der Waals surface area (Å²) < 4.78 is 1.99. The third-order valence-electron chi connectivity index (χ3n) is 6.14. The number of imidazole rings is 1. The highest BCUT2D eigenvalue weighted by Gasteiger charge is 2.19. The highest BCUT2D eigenvalue weighted by Crippen LogP contribution is 2.22. The second-order valence-corrected chi connectivity index (χ2v) is 8.23. The van der Waals surface area contributed by atoms with Gasteiger partial charge in [-0.15, -0.1) is 10.9 Å². The standard InChI is InChI=1S/C20H20B4ClN5O/c1-8-26-7-12(30(8)2)10-4-3-9-6-27-13(5-11(9)28-10)29-20(31)14-15(21)16(22)17(23)18(24)19(14)25/h3-7H,21-24H2,1-2H3,(H,27,29,31). The fourth-order valence-corrected chi connectivity index (χ4v) is 4.05. The molecule has 6 nitrogen and oxygen atoms in total. The predicted molar refractivity (Wildman–Crippen MR) is 139 cm³/mol. The van der Waals surface area contributed by atoms with Crippen LogP contribution in [-0.2, 0) is 7.05 Å². The van der Waals surface area contributed by atoms with Gasteiger partial charge in [-0.05, 0) is 19.1 Å². The quantitative estimate of drug-likeness (QED) is 0.363. The third kappa shape index (κ3) is 3.65. The molecule has 0 aliphatic rings. The van der Waals surface area contributed by atoms with Crippen LogP contribution in [0.25, 0.3) is 22.3 Å². The summed E-state index contributed by atoms with van der Waals surface area (Å²) in [6, 6.07) is 5.68. The van der Waals surface area contributed by atoms with Gasteiger partial charge < -0.3 is 9.88 Å². The summed E-state index contributed by atoms with van der Waals surface area (Å²) in [6.07, 6.45) is 3.51. The number of benzene rings is 1. The first-order chi connectivity index (χ1) is 14.7. The van der Waals surface area contributed by atoms with E-state index in [0.29, 0.717) is 16.4 Å². The number of anilines is 1. The average Bonchev–Trinajstić information content (AvgIpc) is 3.09. The molecule has 0 radical (unpaired) electrons. The molecule has 0 atom stereocenters. The van der Waals surface area contributed by atoms with E-state index in [9.17, 15) is 4.79 Å². The predicted octanol–water partition coefficient (Wildman–Crippen LogP) is -2.72. The van der Waals surface area contributed by atoms with Crippen LogP contribution in [0.3, 0.4) is 0 Å². The molecule has 3 heterocycles. The van der Waals surface area contributed by atoms with Crippen LogP contribution in [-0.4, -0.2) is 56.8 Å². The molecule has 0 saturated heterocycles. The van der Waals surface area contributed by atoms with Crippen molar-refractivity contribution in [3.63, 3.8) is 0 Å². The normalized spacial score (nSPS) is 11.1. The SMILES string of the molecule is Bc1c(B)c(B)c(C(=O)Nc2cc3nc(-c4cnc(C)n4C)ccc3cn2)c(Cl)c1B. The Morgan fingerprint density at radius 1 is 1.03 bits per heavy atom. The summed E-state index contributed by atoms with van der Waals surface area (Å²) in [5, 5.41) is 4.25. The molecule has 0 saturated carbocycles. The lowest BCUT2D eigenvalue weighted by molar-refractivity contribution is 0.102. The van der Waals surface area contributed by atoms with Crippen molar-refractivity contribution in [1.29, 1.82) is 0 Å². The van der Waals surface area contributed by atoms with Gasteiger partial charge in [0.15, 0.2) is 0 Å². The zero-order chi connectivity index (χ0) is 22.4. The molecule has 1 N–H and O–H groups in total. The molecular formula is C20H20B4ClN5O. The maximum atomic E-state index is 13.1. The number of aromatic nitrogens is 4. The summed E-state index contributed by atoms with van der Waals surface area (Å²) in [4.78, 5) is 26.6. The van der Waals surface area contributed by atoms with Crippen LogP contribution in [0.1, 0.15) is 16.2 Å². The van der Waals surface area contributed by atoms with Crippen LogP contribution in [0.15, 0.2) is 30.6 Å². The van der Waals surface area contributed by atoms with Gasteiger partial charge in [0.25, 0.3) is 5.91 Å². The van der Waals surface area contributed by atoms with Gasteiger partial charge in [-0.3, -0.25) is 4.79 Å². The van der Waals surface area contributed by atoms with Gasteiger partial charge in [0.1, 0.15) is 43.0 Å². The van der Waals surface area contributed by atoms with Gasteiger partial charge in [-0.2, -0.15) is 0 Å². The number of carbonyl (C=O) groups is 1. The second kappa shape index (κ2) is 7.93. The Morgan fingerprint density at radius 2 is 1.74 bits per heavy atom. The largest absolute Gasteiger partial charge is 0.330 e. The molecule has 150 valence electrons. The number of nitrogens with zero attached hydrogens (tertiary/aromatic N) is 4. The molecule has 3 aromatic heterocycles. The van der Waals surface area contributed by atoms with E-state index in [1.807, 2.05) is 62.1 Å². The van der Waals surface area contributed by atoms with Crippen molar-refractivity contribution in [2.45, 2.75) is 6.92 Å². The van der Waals surface area contributed by atoms with Gasteiger partial charge in [0.05, 0.1) is 28.7 Å². The lowest BCUT2D eigenvalue weighted by Gasteiger charge is -2.17. The van der Waals surface area contributed by atoms with Gasteiger partial charge in [-0.25, -0.2) is 15.0 Å². The van der Waals surface area contributed by atoms with Crippen molar-refractivity contribution < 1.29 is 4.79 Å². The lowest BCUT2D eigenvalue weighted by atomic mass is 9.65. The van der Waals surface area contributed by atoms with Crippen molar-refractivity contribution in [3.8, 4) is 11.4 Å². The Labute approximate surface area is 189 Å². The van der Waals surface area contributed by atoms with Gasteiger partial charge in [-0.1, -0.05) is 22.5 Å². The van der Waals surface area contributed by atoms with Crippen molar-refractivity contribution in [1.82, 2.24) is 19.5 Å². The van der Waals surface area contributed by atoms with E-state index in [2.05, 4.69) is 15.3 Å². The van der Waals surface area contributed by atoms with Crippen LogP contribution in [0, 0.1) is 6.92 Å². The molecule has 4 aromatic rings. The highest BCUT2D eigenvalue weighted by molar-refractivity contribution is 6.66. The van der Waals surface area contributed by atoms with Crippen LogP contribution < -0.4 is 27.2 Å². The first-order valence-electron chi connectivity index (χ1n) is 10.0. The Bertz CT molecular complexity index is 1340. The van der Waals surface area contributed by atoms with E-state index < -0.39 is 0 Å². The zero-order valence-corrected chi connectivity index (χ0v) is 19.2. The van der Waals surface area contributed by atoms with E-state index in [0.717, 1.165) is 50.0 Å². The smallest absolute Gasteiger partial charge is 0.257 e. The molecule has 4 rings (SSSR count). The number of aryl methyl sites for hydroxylation is 1. The molecular weight excluding hydrogens is 405 g/mol. The fraction of sp³-hybridized carbons (Fsp3) is 0.100. The Balaban J connectivity index is 1.71. The first kappa shape index (κ1) is 21.2. The number of hydrogen-bond donors (Lipinski definition) is 1. The molecule has 1 aromatic carbocycles. The first-order valence-corrected chi connectivity index (χ1v) is 10.4. The molecule has 0 unspecified atom stereocenters. The van der Waals surface area contributed by atoms with E-state index in [-0.39, 0.29) is 5.91 Å². The zero-order valence-electron chi connectivity index (χ0n) is 18.5. The fourth-order valence-electron chi connectivity index (χ4n) is 3.68. The number of fused-ring (bicyclic) bond motifs is 1. The number of amides is 1. The number of rotatable bonds is 3. The van der Waals surface area contributed by atoms with Crippen LogP contribution in [0.2, 0.25) is 5.02 Å². The maximum Gasteiger partial charge on any atom is 0.257 e. The molecule has 31 heavy (non-hydrogen) atoms. The van der Waals surface area contributed by atoms with E-state index in [1.165, 1.54) is 0 Å². The number of halogens is 1. The van der Waals surface area contributed by atoms with Crippen molar-refractivity contribution >= 4 is 87.5 Å². The third-order valence-corrected chi connectivity index (χ3v) is 6.61. The van der Waals surface area contributed by atoms with Gasteiger partial charge in [0.2, 0.25) is 0 Å². The summed E-state index contributed by atoms with van der Waals surface area (Å²) in [7, 11) is 9.83. The van der Waals surface area contributed by atoms with Gasteiger partial charge in [0, 0.05) is 29.7 Å². The summed E-state index contributed by atoms with van der Waals surface area (Å²) >= 11 is 6.54. The Kier molecular flexibility index (Phi) is 5.43.